The Balaban J connectivity index is 1.89. The minimum absolute atomic E-state index is 0.291. The normalized spacial score (nSPS) is 21.9. The van der Waals surface area contributed by atoms with Gasteiger partial charge in [-0.15, -0.1) is 0 Å². The molecule has 0 amide bonds. The van der Waals surface area contributed by atoms with Gasteiger partial charge in [-0.25, -0.2) is 0 Å². The molecule has 0 fully saturated rings. The number of hydrogen-bond donors (Lipinski definition) is 0. The molecule has 2 aliphatic carbocycles. The van der Waals surface area contributed by atoms with Crippen LogP contribution in [0.5, 0.6) is 0 Å². The Bertz CT molecular complexity index is 1120. The molecule has 40 heavy (non-hydrogen) atoms. The van der Waals surface area contributed by atoms with Gasteiger partial charge in [0.15, 0.2) is 0 Å². The maximum absolute atomic E-state index is 2.37. The lowest BCUT2D eigenvalue weighted by Gasteiger charge is -2.33. The fraction of sp³-hybridized carbons (Fsp3) is 0.450. The Labute approximate surface area is 247 Å². The van der Waals surface area contributed by atoms with Crippen molar-refractivity contribution in [3.8, 4) is 0 Å². The molecule has 0 nitrogen and oxygen atoms in total. The molecule has 0 bridgehead atoms. The lowest BCUT2D eigenvalue weighted by atomic mass is 9.72. The van der Waals surface area contributed by atoms with E-state index in [-0.39, 0.29) is 0 Å². The van der Waals surface area contributed by atoms with E-state index in [2.05, 4.69) is 154 Å². The van der Waals surface area contributed by atoms with Gasteiger partial charge in [0, 0.05) is 0 Å². The van der Waals surface area contributed by atoms with Crippen molar-refractivity contribution in [3.05, 3.63) is 130 Å². The number of rotatable bonds is 10. The van der Waals surface area contributed by atoms with E-state index in [1.807, 2.05) is 0 Å². The van der Waals surface area contributed by atoms with E-state index < -0.39 is 0 Å². The van der Waals surface area contributed by atoms with Gasteiger partial charge in [0.2, 0.25) is 0 Å². The highest BCUT2D eigenvalue weighted by atomic mass is 14.3. The molecule has 0 spiro atoms. The predicted molar refractivity (Wildman–Crippen MR) is 181 cm³/mol. The first kappa shape index (κ1) is 33.3. The predicted octanol–water partition coefficient (Wildman–Crippen LogP) is 12.6. The van der Waals surface area contributed by atoms with Gasteiger partial charge in [-0.3, -0.25) is 0 Å². The van der Waals surface area contributed by atoms with Crippen molar-refractivity contribution < 1.29 is 0 Å². The summed E-state index contributed by atoms with van der Waals surface area (Å²) in [6.07, 6.45) is 38.4. The third kappa shape index (κ3) is 11.3. The minimum atomic E-state index is 0.291. The summed E-state index contributed by atoms with van der Waals surface area (Å²) in [4.78, 5) is 0. The molecule has 0 radical (unpaired) electrons. The molecule has 0 heterocycles. The zero-order valence-electron chi connectivity index (χ0n) is 27.3. The summed E-state index contributed by atoms with van der Waals surface area (Å²) < 4.78 is 0. The van der Waals surface area contributed by atoms with E-state index >= 15 is 0 Å². The molecule has 2 rings (SSSR count). The zero-order chi connectivity index (χ0) is 29.8. The molecule has 0 saturated carbocycles. The van der Waals surface area contributed by atoms with Crippen molar-refractivity contribution in [3.63, 3.8) is 0 Å². The van der Waals surface area contributed by atoms with Crippen LogP contribution in [0, 0.1) is 10.8 Å². The quantitative estimate of drug-likeness (QED) is 0.244. The van der Waals surface area contributed by atoms with Gasteiger partial charge < -0.3 is 0 Å². The summed E-state index contributed by atoms with van der Waals surface area (Å²) in [7, 11) is 0. The molecule has 0 aromatic rings. The van der Waals surface area contributed by atoms with Gasteiger partial charge in [0.25, 0.3) is 0 Å². The summed E-state index contributed by atoms with van der Waals surface area (Å²) in [5, 5.41) is 0. The fourth-order valence-corrected chi connectivity index (χ4v) is 5.79. The largest absolute Gasteiger partial charge is 0.0696 e. The van der Waals surface area contributed by atoms with Crippen LogP contribution in [0.25, 0.3) is 0 Å². The SMILES string of the molecule is CC1=C(/C=C/C(C)=C\C=C\C(C)=C/C=C/C=C(C)/C=C/C=C(C)/C=C/C2=C(C)CCCC2(C)C)C(C)(C)CCC1. The Morgan fingerprint density at radius 3 is 1.18 bits per heavy atom. The molecule has 0 aliphatic heterocycles. The van der Waals surface area contributed by atoms with E-state index in [0.717, 1.165) is 0 Å². The Morgan fingerprint density at radius 1 is 0.500 bits per heavy atom. The van der Waals surface area contributed by atoms with Crippen molar-refractivity contribution in [2.24, 2.45) is 10.8 Å². The molecule has 0 saturated heterocycles. The summed E-state index contributed by atoms with van der Waals surface area (Å²) in [5.41, 5.74) is 11.7. The van der Waals surface area contributed by atoms with Gasteiger partial charge >= 0.3 is 0 Å². The molecule has 0 unspecified atom stereocenters. The van der Waals surface area contributed by atoms with E-state index in [4.69, 9.17) is 0 Å². The van der Waals surface area contributed by atoms with Crippen LogP contribution < -0.4 is 0 Å². The monoisotopic (exact) mass is 536 g/mol. The lowest BCUT2D eigenvalue weighted by Crippen LogP contribution is -2.19. The minimum Gasteiger partial charge on any atom is -0.0696 e. The lowest BCUT2D eigenvalue weighted by molar-refractivity contribution is 0.376. The van der Waals surface area contributed by atoms with E-state index in [0.29, 0.717) is 10.8 Å². The zero-order valence-corrected chi connectivity index (χ0v) is 27.3. The second-order valence-electron chi connectivity index (χ2n) is 13.3. The van der Waals surface area contributed by atoms with Crippen molar-refractivity contribution in [1.29, 1.82) is 0 Å². The maximum Gasteiger partial charge on any atom is -0.0104 e. The summed E-state index contributed by atoms with van der Waals surface area (Å²) in [5.74, 6) is 0. The van der Waals surface area contributed by atoms with Crippen molar-refractivity contribution in [2.75, 3.05) is 0 Å². The van der Waals surface area contributed by atoms with E-state index in [9.17, 15) is 0 Å². The molecule has 0 N–H and O–H groups in total. The summed E-state index contributed by atoms with van der Waals surface area (Å²) in [6, 6.07) is 0. The second kappa shape index (κ2) is 15.8. The first-order chi connectivity index (χ1) is 18.8. The Hall–Kier alpha value is -2.86. The molecule has 216 valence electrons. The average Bonchev–Trinajstić information content (AvgIpc) is 2.85. The molecule has 0 aromatic heterocycles. The Morgan fingerprint density at radius 2 is 0.825 bits per heavy atom. The Kier molecular flexibility index (Phi) is 13.2. The molecule has 2 aliphatic rings. The fourth-order valence-electron chi connectivity index (χ4n) is 5.79. The molecular formula is C40H56. The van der Waals surface area contributed by atoms with Crippen LogP contribution in [0.4, 0.5) is 0 Å². The highest BCUT2D eigenvalue weighted by Gasteiger charge is 2.27. The first-order valence-corrected chi connectivity index (χ1v) is 15.3. The van der Waals surface area contributed by atoms with Crippen LogP contribution in [0.1, 0.15) is 108 Å². The van der Waals surface area contributed by atoms with Crippen LogP contribution in [0.2, 0.25) is 0 Å². The third-order valence-corrected chi connectivity index (χ3v) is 8.38. The smallest absolute Gasteiger partial charge is 0.0104 e. The highest BCUT2D eigenvalue weighted by Crippen LogP contribution is 2.41. The molecule has 0 aromatic carbocycles. The van der Waals surface area contributed by atoms with E-state index in [1.54, 1.807) is 11.1 Å². The number of allylic oxidation sites excluding steroid dienone is 22. The summed E-state index contributed by atoms with van der Waals surface area (Å²) >= 11 is 0. The van der Waals surface area contributed by atoms with Crippen LogP contribution >= 0.6 is 0 Å². The van der Waals surface area contributed by atoms with Gasteiger partial charge in [0.05, 0.1) is 0 Å². The van der Waals surface area contributed by atoms with Gasteiger partial charge in [-0.2, -0.15) is 0 Å². The van der Waals surface area contributed by atoms with Crippen LogP contribution in [-0.2, 0) is 0 Å². The van der Waals surface area contributed by atoms with Crippen molar-refractivity contribution in [1.82, 2.24) is 0 Å². The molecule has 0 heteroatoms. The number of hydrogen-bond acceptors (Lipinski definition) is 0. The van der Waals surface area contributed by atoms with Crippen LogP contribution in [0.3, 0.4) is 0 Å². The molecule has 0 atom stereocenters. The standard InChI is InChI=1S/C40H56/c1-31(19-13-21-33(3)25-27-37-35(5)23-15-29-39(37,7)8)17-11-12-18-32(2)20-14-22-34(4)26-28-38-36(6)24-16-30-40(38,9)10/h11-14,17-22,25-28H,15-16,23-24,29-30H2,1-10H3/b12-11+,19-13+,20-14+,27-25+,28-26+,31-17-,32-18+,33-21-,34-22+. The summed E-state index contributed by atoms with van der Waals surface area (Å²) in [6.45, 7) is 22.7. The maximum atomic E-state index is 2.37. The molecular weight excluding hydrogens is 480 g/mol. The van der Waals surface area contributed by atoms with E-state index in [1.165, 1.54) is 72.0 Å². The topological polar surface area (TPSA) is 0 Å². The highest BCUT2D eigenvalue weighted by molar-refractivity contribution is 5.39. The average molecular weight is 537 g/mol. The van der Waals surface area contributed by atoms with Crippen molar-refractivity contribution >= 4 is 0 Å². The van der Waals surface area contributed by atoms with Crippen LogP contribution in [-0.4, -0.2) is 0 Å². The van der Waals surface area contributed by atoms with Crippen molar-refractivity contribution in [2.45, 2.75) is 108 Å². The first-order valence-electron chi connectivity index (χ1n) is 15.3. The third-order valence-electron chi connectivity index (χ3n) is 8.38. The van der Waals surface area contributed by atoms with Gasteiger partial charge in [0.1, 0.15) is 0 Å². The van der Waals surface area contributed by atoms with Gasteiger partial charge in [-0.05, 0) is 102 Å². The second-order valence-corrected chi connectivity index (χ2v) is 13.3. The van der Waals surface area contributed by atoms with Crippen LogP contribution in [0.15, 0.2) is 130 Å². The van der Waals surface area contributed by atoms with Gasteiger partial charge in [-0.1, -0.05) is 146 Å².